The summed E-state index contributed by atoms with van der Waals surface area (Å²) in [6.45, 7) is 19.2. The molecule has 1 aliphatic carbocycles. The fourth-order valence-electron chi connectivity index (χ4n) is 4.27. The van der Waals surface area contributed by atoms with Gasteiger partial charge in [0.2, 0.25) is 11.8 Å². The zero-order valence-corrected chi connectivity index (χ0v) is 24.0. The molecule has 0 spiro atoms. The van der Waals surface area contributed by atoms with Crippen LogP contribution in [0.4, 0.5) is 4.79 Å². The summed E-state index contributed by atoms with van der Waals surface area (Å²) < 4.78 is 5.48. The van der Waals surface area contributed by atoms with Crippen LogP contribution in [0.15, 0.2) is 18.2 Å². The molecule has 1 fully saturated rings. The number of aryl methyl sites for hydroxylation is 2. The largest absolute Gasteiger partial charge is 0.444 e. The van der Waals surface area contributed by atoms with Gasteiger partial charge in [-0.2, -0.15) is 0 Å². The molecule has 1 aromatic rings. The molecule has 202 valence electrons. The van der Waals surface area contributed by atoms with Gasteiger partial charge < -0.3 is 20.3 Å². The molecule has 1 saturated carbocycles. The summed E-state index contributed by atoms with van der Waals surface area (Å²) in [5.41, 5.74) is 1.82. The lowest BCUT2D eigenvalue weighted by Crippen LogP contribution is -2.60. The Morgan fingerprint density at radius 3 is 2.11 bits per heavy atom. The van der Waals surface area contributed by atoms with E-state index in [1.807, 2.05) is 66.7 Å². The number of hydrogen-bond donors (Lipinski definition) is 2. The predicted octanol–water partition coefficient (Wildman–Crippen LogP) is 5.58. The zero-order valence-electron chi connectivity index (χ0n) is 24.0. The molecule has 36 heavy (non-hydrogen) atoms. The van der Waals surface area contributed by atoms with E-state index in [1.54, 1.807) is 25.7 Å². The van der Waals surface area contributed by atoms with Crippen LogP contribution in [-0.4, -0.2) is 46.0 Å². The van der Waals surface area contributed by atoms with E-state index in [4.69, 9.17) is 4.74 Å². The molecule has 0 radical (unpaired) electrons. The first-order chi connectivity index (χ1) is 16.5. The molecular weight excluding hydrogens is 454 g/mol. The molecule has 0 bridgehead atoms. The van der Waals surface area contributed by atoms with E-state index in [0.29, 0.717) is 6.42 Å². The van der Waals surface area contributed by atoms with Gasteiger partial charge in [-0.05, 0) is 97.3 Å². The molecule has 0 saturated heterocycles. The molecule has 1 aromatic carbocycles. The van der Waals surface area contributed by atoms with Gasteiger partial charge in [-0.3, -0.25) is 9.59 Å². The van der Waals surface area contributed by atoms with Crippen molar-refractivity contribution in [3.05, 3.63) is 34.9 Å². The van der Waals surface area contributed by atoms with E-state index in [-0.39, 0.29) is 23.8 Å². The fourth-order valence-corrected chi connectivity index (χ4v) is 4.27. The summed E-state index contributed by atoms with van der Waals surface area (Å²) in [4.78, 5) is 42.6. The molecule has 0 aromatic heterocycles. The van der Waals surface area contributed by atoms with E-state index >= 15 is 0 Å². The van der Waals surface area contributed by atoms with Gasteiger partial charge in [0.15, 0.2) is 0 Å². The van der Waals surface area contributed by atoms with Crippen LogP contribution in [0.3, 0.4) is 0 Å². The van der Waals surface area contributed by atoms with Gasteiger partial charge in [-0.1, -0.05) is 38.5 Å². The molecule has 3 amide bonds. The highest BCUT2D eigenvalue weighted by Gasteiger charge is 2.43. The zero-order chi connectivity index (χ0) is 27.4. The lowest BCUT2D eigenvalue weighted by Gasteiger charge is -2.45. The minimum atomic E-state index is -0.804. The summed E-state index contributed by atoms with van der Waals surface area (Å²) in [5.74, 6) is -0.600. The molecular formula is C29H47N3O4. The maximum absolute atomic E-state index is 14.3. The minimum absolute atomic E-state index is 0.0678. The van der Waals surface area contributed by atoms with E-state index in [9.17, 15) is 14.4 Å². The van der Waals surface area contributed by atoms with Crippen molar-refractivity contribution in [2.45, 2.75) is 124 Å². The summed E-state index contributed by atoms with van der Waals surface area (Å²) in [6, 6.07) is 4.27. The highest BCUT2D eigenvalue weighted by molar-refractivity contribution is 5.93. The number of hydrogen-bond acceptors (Lipinski definition) is 4. The van der Waals surface area contributed by atoms with E-state index < -0.39 is 29.3 Å². The molecule has 2 N–H and O–H groups in total. The summed E-state index contributed by atoms with van der Waals surface area (Å²) >= 11 is 0. The van der Waals surface area contributed by atoms with Crippen molar-refractivity contribution >= 4 is 17.9 Å². The summed E-state index contributed by atoms with van der Waals surface area (Å²) in [6.07, 6.45) is 2.72. The van der Waals surface area contributed by atoms with E-state index in [2.05, 4.69) is 10.6 Å². The highest BCUT2D eigenvalue weighted by atomic mass is 16.6. The first-order valence-electron chi connectivity index (χ1n) is 13.2. The van der Waals surface area contributed by atoms with Crippen LogP contribution < -0.4 is 10.6 Å². The Morgan fingerprint density at radius 2 is 1.67 bits per heavy atom. The number of rotatable bonds is 8. The number of carbonyl (C=O) groups excluding carboxylic acids is 3. The van der Waals surface area contributed by atoms with Crippen molar-refractivity contribution in [1.82, 2.24) is 15.5 Å². The van der Waals surface area contributed by atoms with Crippen LogP contribution in [0.5, 0.6) is 0 Å². The highest BCUT2D eigenvalue weighted by Crippen LogP contribution is 2.35. The molecule has 1 aliphatic rings. The van der Waals surface area contributed by atoms with Crippen LogP contribution in [0.1, 0.15) is 104 Å². The molecule has 0 heterocycles. The Balaban J connectivity index is 2.56. The molecule has 3 atom stereocenters. The number of nitrogens with one attached hydrogen (secondary N) is 2. The van der Waals surface area contributed by atoms with Gasteiger partial charge >= 0.3 is 6.09 Å². The maximum atomic E-state index is 14.3. The van der Waals surface area contributed by atoms with Gasteiger partial charge in [0.25, 0.3) is 0 Å². The summed E-state index contributed by atoms with van der Waals surface area (Å²) in [5, 5.41) is 5.94. The first kappa shape index (κ1) is 29.7. The predicted molar refractivity (Wildman–Crippen MR) is 144 cm³/mol. The second-order valence-corrected chi connectivity index (χ2v) is 12.3. The first-order valence-corrected chi connectivity index (χ1v) is 13.2. The Hall–Kier alpha value is -2.57. The summed E-state index contributed by atoms with van der Waals surface area (Å²) in [7, 11) is 0. The number of amides is 3. The fraction of sp³-hybridized carbons (Fsp3) is 0.690. The second kappa shape index (κ2) is 11.7. The van der Waals surface area contributed by atoms with Gasteiger partial charge in [0, 0.05) is 11.6 Å². The van der Waals surface area contributed by atoms with Crippen molar-refractivity contribution in [1.29, 1.82) is 0 Å². The lowest BCUT2D eigenvalue weighted by atomic mass is 9.86. The topological polar surface area (TPSA) is 87.7 Å². The van der Waals surface area contributed by atoms with Gasteiger partial charge in [0.05, 0.1) is 0 Å². The third kappa shape index (κ3) is 7.97. The Labute approximate surface area is 217 Å². The monoisotopic (exact) mass is 501 g/mol. The van der Waals surface area contributed by atoms with E-state index in [1.165, 1.54) is 0 Å². The molecule has 7 nitrogen and oxygen atoms in total. The Bertz CT molecular complexity index is 941. The second-order valence-electron chi connectivity index (χ2n) is 12.3. The average molecular weight is 502 g/mol. The van der Waals surface area contributed by atoms with Crippen molar-refractivity contribution in [2.24, 2.45) is 5.92 Å². The average Bonchev–Trinajstić information content (AvgIpc) is 2.69. The molecule has 2 rings (SSSR count). The molecule has 7 heteroatoms. The van der Waals surface area contributed by atoms with Crippen molar-refractivity contribution < 1.29 is 19.1 Å². The van der Waals surface area contributed by atoms with Gasteiger partial charge in [-0.15, -0.1) is 0 Å². The number of nitrogens with zero attached hydrogens (tertiary/aromatic N) is 1. The Morgan fingerprint density at radius 1 is 1.06 bits per heavy atom. The minimum Gasteiger partial charge on any atom is -0.444 e. The standard InChI is InChI=1S/C29H47N3O4/c1-11-18(2)23(30-27(35)36-29(8,9)10)26(34)32(22-13-12-14-22)24(25(33)31-28(5,6)7)21-16-15-19(3)20(4)17-21/h15-18,22-24H,11-14H2,1-10H3,(H,30,35)(H,31,33). The van der Waals surface area contributed by atoms with Crippen LogP contribution in [0, 0.1) is 19.8 Å². The quantitative estimate of drug-likeness (QED) is 0.487. The van der Waals surface area contributed by atoms with Crippen molar-refractivity contribution in [3.63, 3.8) is 0 Å². The number of alkyl carbamates (subject to hydrolysis) is 1. The Kier molecular flexibility index (Phi) is 9.60. The van der Waals surface area contributed by atoms with Crippen LogP contribution in [0.25, 0.3) is 0 Å². The maximum Gasteiger partial charge on any atom is 0.408 e. The molecule has 0 aliphatic heterocycles. The molecule has 3 unspecified atom stereocenters. The van der Waals surface area contributed by atoms with Gasteiger partial charge in [0.1, 0.15) is 17.7 Å². The normalized spacial score (nSPS) is 16.8. The van der Waals surface area contributed by atoms with Crippen LogP contribution in [-0.2, 0) is 14.3 Å². The third-order valence-electron chi connectivity index (χ3n) is 6.75. The third-order valence-corrected chi connectivity index (χ3v) is 6.75. The number of ether oxygens (including phenoxy) is 1. The van der Waals surface area contributed by atoms with E-state index in [0.717, 1.165) is 36.0 Å². The van der Waals surface area contributed by atoms with Gasteiger partial charge in [-0.25, -0.2) is 4.79 Å². The number of benzene rings is 1. The van der Waals surface area contributed by atoms with Crippen LogP contribution in [0.2, 0.25) is 0 Å². The number of carbonyl (C=O) groups is 3. The van der Waals surface area contributed by atoms with Crippen molar-refractivity contribution in [3.8, 4) is 0 Å². The smallest absolute Gasteiger partial charge is 0.408 e. The lowest BCUT2D eigenvalue weighted by molar-refractivity contribution is -0.149. The van der Waals surface area contributed by atoms with Crippen molar-refractivity contribution in [2.75, 3.05) is 0 Å². The SMILES string of the molecule is CCC(C)C(NC(=O)OC(C)(C)C)C(=O)N(C1CCC1)C(C(=O)NC(C)(C)C)c1ccc(C)c(C)c1. The van der Waals surface area contributed by atoms with Crippen LogP contribution >= 0.6 is 0 Å².